The highest BCUT2D eigenvalue weighted by Gasteiger charge is 2.11. The van der Waals surface area contributed by atoms with Gasteiger partial charge in [-0.15, -0.1) is 0 Å². The molecule has 0 aliphatic carbocycles. The first-order valence-electron chi connectivity index (χ1n) is 6.20. The number of rotatable bonds is 4. The maximum absolute atomic E-state index is 11.6. The molecule has 0 heterocycles. The molecule has 110 valence electrons. The minimum absolute atomic E-state index is 0.303. The molecule has 0 amide bonds. The summed E-state index contributed by atoms with van der Waals surface area (Å²) in [7, 11) is 0. The summed E-state index contributed by atoms with van der Waals surface area (Å²) in [5.41, 5.74) is 6.56. The molecule has 0 aliphatic heterocycles. The Morgan fingerprint density at radius 1 is 1.14 bits per heavy atom. The largest absolute Gasteiger partial charge is 0.462 e. The van der Waals surface area contributed by atoms with Crippen LogP contribution in [0.1, 0.15) is 17.3 Å². The monoisotopic (exact) mass is 325 g/mol. The summed E-state index contributed by atoms with van der Waals surface area (Å²) in [6.07, 6.45) is 0. The predicted octanol–water partition coefficient (Wildman–Crippen LogP) is 4.54. The van der Waals surface area contributed by atoms with Crippen LogP contribution in [0.5, 0.6) is 11.5 Å². The second kappa shape index (κ2) is 6.70. The van der Waals surface area contributed by atoms with E-state index in [4.69, 9.17) is 38.4 Å². The molecule has 0 saturated heterocycles. The van der Waals surface area contributed by atoms with Crippen molar-refractivity contribution in [1.82, 2.24) is 0 Å². The van der Waals surface area contributed by atoms with E-state index >= 15 is 0 Å². The highest BCUT2D eigenvalue weighted by atomic mass is 35.5. The summed E-state index contributed by atoms with van der Waals surface area (Å²) in [5.74, 6) is 0.393. The van der Waals surface area contributed by atoms with E-state index in [9.17, 15) is 4.79 Å². The van der Waals surface area contributed by atoms with Crippen molar-refractivity contribution in [3.63, 3.8) is 0 Å². The number of esters is 1. The number of carbonyl (C=O) groups is 1. The molecule has 21 heavy (non-hydrogen) atoms. The number of benzene rings is 2. The summed E-state index contributed by atoms with van der Waals surface area (Å²) in [5, 5.41) is 0.884. The predicted molar refractivity (Wildman–Crippen MR) is 83.3 cm³/mol. The van der Waals surface area contributed by atoms with Crippen LogP contribution in [-0.2, 0) is 4.74 Å². The van der Waals surface area contributed by atoms with Crippen LogP contribution in [-0.4, -0.2) is 12.6 Å². The van der Waals surface area contributed by atoms with Crippen LogP contribution in [0.15, 0.2) is 36.4 Å². The number of hydrogen-bond acceptors (Lipinski definition) is 4. The maximum atomic E-state index is 11.6. The number of hydrogen-bond donors (Lipinski definition) is 1. The lowest BCUT2D eigenvalue weighted by molar-refractivity contribution is 0.0526. The molecule has 0 fully saturated rings. The van der Waals surface area contributed by atoms with Gasteiger partial charge in [0.15, 0.2) is 0 Å². The smallest absolute Gasteiger partial charge is 0.338 e. The van der Waals surface area contributed by atoms with Crippen LogP contribution in [0.4, 0.5) is 5.69 Å². The van der Waals surface area contributed by atoms with Gasteiger partial charge in [0.05, 0.1) is 22.9 Å². The Balaban J connectivity index is 2.23. The fraction of sp³-hybridized carbons (Fsp3) is 0.133. The number of nitrogen functional groups attached to an aromatic ring is 1. The lowest BCUT2D eigenvalue weighted by atomic mass is 10.2. The SMILES string of the molecule is CCOC(=O)c1ccc(Oc2ccc(Cl)cc2Cl)c(N)c1. The number of ether oxygens (including phenoxy) is 2. The van der Waals surface area contributed by atoms with Crippen molar-refractivity contribution in [2.45, 2.75) is 6.92 Å². The van der Waals surface area contributed by atoms with Crippen molar-refractivity contribution in [3.8, 4) is 11.5 Å². The zero-order valence-corrected chi connectivity index (χ0v) is 12.7. The quantitative estimate of drug-likeness (QED) is 0.662. The molecule has 2 rings (SSSR count). The van der Waals surface area contributed by atoms with E-state index in [0.29, 0.717) is 39.4 Å². The topological polar surface area (TPSA) is 61.5 Å². The molecular formula is C15H13Cl2NO3. The van der Waals surface area contributed by atoms with E-state index < -0.39 is 5.97 Å². The first kappa shape index (κ1) is 15.5. The van der Waals surface area contributed by atoms with Gasteiger partial charge in [-0.3, -0.25) is 0 Å². The van der Waals surface area contributed by atoms with Gasteiger partial charge in [0.25, 0.3) is 0 Å². The summed E-state index contributed by atoms with van der Waals surface area (Å²) in [6.45, 7) is 2.04. The molecule has 6 heteroatoms. The number of anilines is 1. The standard InChI is InChI=1S/C15H13Cl2NO3/c1-2-20-15(19)9-3-5-14(12(18)7-9)21-13-6-4-10(16)8-11(13)17/h3-8H,2,18H2,1H3. The molecule has 0 spiro atoms. The lowest BCUT2D eigenvalue weighted by Gasteiger charge is -2.11. The third-order valence-corrected chi connectivity index (χ3v) is 3.17. The third kappa shape index (κ3) is 3.80. The Morgan fingerprint density at radius 2 is 1.86 bits per heavy atom. The van der Waals surface area contributed by atoms with E-state index in [1.165, 1.54) is 6.07 Å². The van der Waals surface area contributed by atoms with Crippen molar-refractivity contribution in [2.75, 3.05) is 12.3 Å². The van der Waals surface area contributed by atoms with E-state index in [-0.39, 0.29) is 0 Å². The second-order valence-electron chi connectivity index (χ2n) is 4.15. The molecule has 0 radical (unpaired) electrons. The van der Waals surface area contributed by atoms with Crippen molar-refractivity contribution in [1.29, 1.82) is 0 Å². The highest BCUT2D eigenvalue weighted by Crippen LogP contribution is 2.34. The third-order valence-electron chi connectivity index (χ3n) is 2.63. The molecule has 0 saturated carbocycles. The van der Waals surface area contributed by atoms with Gasteiger partial charge in [-0.2, -0.15) is 0 Å². The Bertz CT molecular complexity index is 674. The van der Waals surface area contributed by atoms with Gasteiger partial charge in [-0.25, -0.2) is 4.79 Å². The van der Waals surface area contributed by atoms with Gasteiger partial charge in [-0.1, -0.05) is 23.2 Å². The average Bonchev–Trinajstić information content (AvgIpc) is 2.44. The van der Waals surface area contributed by atoms with Crippen molar-refractivity contribution in [2.24, 2.45) is 0 Å². The minimum Gasteiger partial charge on any atom is -0.462 e. The first-order valence-corrected chi connectivity index (χ1v) is 6.96. The van der Waals surface area contributed by atoms with E-state index in [0.717, 1.165) is 0 Å². The van der Waals surface area contributed by atoms with Gasteiger partial charge in [0, 0.05) is 5.02 Å². The van der Waals surface area contributed by atoms with Crippen LogP contribution in [0.2, 0.25) is 10.0 Å². The number of nitrogens with two attached hydrogens (primary N) is 1. The molecule has 0 aromatic heterocycles. The zero-order chi connectivity index (χ0) is 15.4. The average molecular weight is 326 g/mol. The Labute approximate surface area is 132 Å². The van der Waals surface area contributed by atoms with Crippen LogP contribution in [0.3, 0.4) is 0 Å². The minimum atomic E-state index is -0.430. The molecule has 2 aromatic rings. The van der Waals surface area contributed by atoms with Crippen LogP contribution < -0.4 is 10.5 Å². The molecule has 0 atom stereocenters. The first-order chi connectivity index (χ1) is 10.0. The van der Waals surface area contributed by atoms with Crippen LogP contribution in [0, 0.1) is 0 Å². The molecule has 4 nitrogen and oxygen atoms in total. The van der Waals surface area contributed by atoms with E-state index in [1.807, 2.05) is 0 Å². The van der Waals surface area contributed by atoms with Crippen LogP contribution in [0.25, 0.3) is 0 Å². The van der Waals surface area contributed by atoms with E-state index in [1.54, 1.807) is 37.3 Å². The van der Waals surface area contributed by atoms with Crippen molar-refractivity contribution >= 4 is 34.9 Å². The van der Waals surface area contributed by atoms with Gasteiger partial charge < -0.3 is 15.2 Å². The Kier molecular flexibility index (Phi) is 4.94. The summed E-state index contributed by atoms with van der Waals surface area (Å²) < 4.78 is 10.5. The summed E-state index contributed by atoms with van der Waals surface area (Å²) in [4.78, 5) is 11.6. The summed E-state index contributed by atoms with van der Waals surface area (Å²) in [6, 6.07) is 9.54. The van der Waals surface area contributed by atoms with E-state index in [2.05, 4.69) is 0 Å². The van der Waals surface area contributed by atoms with Crippen molar-refractivity contribution < 1.29 is 14.3 Å². The lowest BCUT2D eigenvalue weighted by Crippen LogP contribution is -2.05. The second-order valence-corrected chi connectivity index (χ2v) is 4.99. The molecule has 0 aliphatic rings. The summed E-state index contributed by atoms with van der Waals surface area (Å²) >= 11 is 11.9. The fourth-order valence-corrected chi connectivity index (χ4v) is 2.11. The Hall–Kier alpha value is -1.91. The van der Waals surface area contributed by atoms with Crippen LogP contribution >= 0.6 is 23.2 Å². The number of carbonyl (C=O) groups excluding carboxylic acids is 1. The Morgan fingerprint density at radius 3 is 2.48 bits per heavy atom. The molecule has 2 aromatic carbocycles. The molecule has 0 unspecified atom stereocenters. The normalized spacial score (nSPS) is 10.2. The van der Waals surface area contributed by atoms with Gasteiger partial charge in [0.2, 0.25) is 0 Å². The number of halogens is 2. The molecule has 0 bridgehead atoms. The highest BCUT2D eigenvalue weighted by molar-refractivity contribution is 6.35. The zero-order valence-electron chi connectivity index (χ0n) is 11.2. The fourth-order valence-electron chi connectivity index (χ4n) is 1.66. The molecular weight excluding hydrogens is 313 g/mol. The molecule has 2 N–H and O–H groups in total. The van der Waals surface area contributed by atoms with Crippen molar-refractivity contribution in [3.05, 3.63) is 52.0 Å². The maximum Gasteiger partial charge on any atom is 0.338 e. The van der Waals surface area contributed by atoms with Gasteiger partial charge in [0.1, 0.15) is 11.5 Å². The van der Waals surface area contributed by atoms with Gasteiger partial charge >= 0.3 is 5.97 Å². The van der Waals surface area contributed by atoms with Gasteiger partial charge in [-0.05, 0) is 43.3 Å².